The molecule has 1 N–H and O–H groups in total. The van der Waals surface area contributed by atoms with Gasteiger partial charge in [0.25, 0.3) is 5.91 Å². The molecule has 3 heterocycles. The molecule has 1 aliphatic rings. The Balaban J connectivity index is 1.52. The highest BCUT2D eigenvalue weighted by Gasteiger charge is 2.36. The molecule has 1 saturated heterocycles. The second-order valence-corrected chi connectivity index (χ2v) is 8.36. The Hall–Kier alpha value is -4.18. The topological polar surface area (TPSA) is 78.4 Å². The number of pyridine rings is 2. The summed E-state index contributed by atoms with van der Waals surface area (Å²) in [6.45, 7) is 0.786. The van der Waals surface area contributed by atoms with Crippen LogP contribution in [0.25, 0.3) is 10.9 Å². The minimum absolute atomic E-state index is 0.166. The molecule has 0 aliphatic carbocycles. The summed E-state index contributed by atoms with van der Waals surface area (Å²) in [5, 5.41) is 3.19. The molecule has 0 atom stereocenters. The van der Waals surface area contributed by atoms with Crippen molar-refractivity contribution in [3.63, 3.8) is 0 Å². The molecule has 0 spiro atoms. The summed E-state index contributed by atoms with van der Waals surface area (Å²) in [6, 6.07) is 14.4. The van der Waals surface area contributed by atoms with E-state index in [9.17, 15) is 22.8 Å². The van der Waals surface area contributed by atoms with Crippen molar-refractivity contribution in [1.29, 1.82) is 0 Å². The zero-order valence-electron chi connectivity index (χ0n) is 18.5. The molecule has 2 aromatic heterocycles. The Morgan fingerprint density at radius 3 is 2.47 bits per heavy atom. The van der Waals surface area contributed by atoms with Crippen molar-refractivity contribution in [1.82, 2.24) is 9.97 Å². The predicted molar refractivity (Wildman–Crippen MR) is 130 cm³/mol. The molecule has 0 saturated carbocycles. The van der Waals surface area contributed by atoms with E-state index in [1.54, 1.807) is 17.0 Å². The van der Waals surface area contributed by atoms with Crippen LogP contribution in [0.3, 0.4) is 0 Å². The molecule has 1 aliphatic heterocycles. The van der Waals surface area contributed by atoms with E-state index in [4.69, 9.17) is 11.6 Å². The first kappa shape index (κ1) is 23.6. The average molecular weight is 512 g/mol. The summed E-state index contributed by atoms with van der Waals surface area (Å²) in [7, 11) is 0. The maximum atomic E-state index is 13.4. The minimum atomic E-state index is -4.73. The van der Waals surface area contributed by atoms with Crippen LogP contribution in [0.2, 0.25) is 5.02 Å². The van der Waals surface area contributed by atoms with Crippen molar-refractivity contribution in [2.45, 2.75) is 6.18 Å². The van der Waals surface area contributed by atoms with E-state index in [1.807, 2.05) is 30.3 Å². The van der Waals surface area contributed by atoms with Gasteiger partial charge in [-0.25, -0.2) is 4.79 Å². The first-order chi connectivity index (χ1) is 17.3. The fraction of sp³-hybridized carbons (Fsp3) is 0.120. The van der Waals surface area contributed by atoms with Crippen LogP contribution in [0, 0.1) is 0 Å². The van der Waals surface area contributed by atoms with Gasteiger partial charge < -0.3 is 5.32 Å². The van der Waals surface area contributed by atoms with Crippen LogP contribution in [0.4, 0.5) is 35.0 Å². The lowest BCUT2D eigenvalue weighted by Crippen LogP contribution is -2.32. The predicted octanol–water partition coefficient (Wildman–Crippen LogP) is 6.00. The normalized spacial score (nSPS) is 13.9. The van der Waals surface area contributed by atoms with Crippen molar-refractivity contribution in [3.8, 4) is 0 Å². The van der Waals surface area contributed by atoms with Crippen molar-refractivity contribution in [2.75, 3.05) is 28.2 Å². The summed E-state index contributed by atoms with van der Waals surface area (Å²) in [4.78, 5) is 37.2. The lowest BCUT2D eigenvalue weighted by Gasteiger charge is -2.21. The number of nitrogens with one attached hydrogen (secondary N) is 1. The van der Waals surface area contributed by atoms with Gasteiger partial charge in [-0.15, -0.1) is 0 Å². The molecule has 1 fully saturated rings. The van der Waals surface area contributed by atoms with Crippen molar-refractivity contribution in [3.05, 3.63) is 89.3 Å². The fourth-order valence-corrected chi connectivity index (χ4v) is 4.42. The third kappa shape index (κ3) is 4.20. The van der Waals surface area contributed by atoms with E-state index in [0.29, 0.717) is 24.2 Å². The number of amides is 3. The minimum Gasteiger partial charge on any atom is -0.320 e. The number of nitrogens with zero attached hydrogens (tertiary/aromatic N) is 4. The van der Waals surface area contributed by atoms with E-state index in [1.165, 1.54) is 17.2 Å². The van der Waals surface area contributed by atoms with Crippen LogP contribution >= 0.6 is 11.6 Å². The Labute approximate surface area is 208 Å². The number of halogens is 4. The Kier molecular flexibility index (Phi) is 5.97. The molecule has 0 radical (unpaired) electrons. The van der Waals surface area contributed by atoms with E-state index < -0.39 is 23.2 Å². The molecule has 0 bridgehead atoms. The molecule has 182 valence electrons. The molecule has 5 rings (SSSR count). The summed E-state index contributed by atoms with van der Waals surface area (Å²) in [6.07, 6.45) is -1.55. The highest BCUT2D eigenvalue weighted by molar-refractivity contribution is 6.36. The summed E-state index contributed by atoms with van der Waals surface area (Å²) in [5.74, 6) is -0.992. The number of carbonyl (C=O) groups is 2. The third-order valence-electron chi connectivity index (χ3n) is 5.79. The van der Waals surface area contributed by atoms with Gasteiger partial charge in [0.15, 0.2) is 0 Å². The maximum Gasteiger partial charge on any atom is 0.417 e. The number of hydrogen-bond acceptors (Lipinski definition) is 4. The second kappa shape index (κ2) is 9.12. The summed E-state index contributed by atoms with van der Waals surface area (Å²) < 4.78 is 40.2. The highest BCUT2D eigenvalue weighted by atomic mass is 35.5. The largest absolute Gasteiger partial charge is 0.417 e. The third-order valence-corrected chi connectivity index (χ3v) is 6.07. The Bertz CT molecular complexity index is 1480. The molecule has 3 amide bonds. The number of hydrogen-bond donors (Lipinski definition) is 1. The van der Waals surface area contributed by atoms with Crippen LogP contribution in [0.5, 0.6) is 0 Å². The smallest absolute Gasteiger partial charge is 0.320 e. The van der Waals surface area contributed by atoms with Gasteiger partial charge in [0.05, 0.1) is 33.0 Å². The maximum absolute atomic E-state index is 13.4. The first-order valence-corrected chi connectivity index (χ1v) is 11.2. The van der Waals surface area contributed by atoms with Crippen LogP contribution in [-0.2, 0) is 6.18 Å². The SMILES string of the molecule is O=C(Nc1cccc2c(N3CCN(c4ccccc4)C3=O)c(Cl)cnc12)c1cnccc1C(F)(F)F. The number of aromatic nitrogens is 2. The quantitative estimate of drug-likeness (QED) is 0.364. The van der Waals surface area contributed by atoms with E-state index in [-0.39, 0.29) is 22.3 Å². The van der Waals surface area contributed by atoms with Gasteiger partial charge in [0.1, 0.15) is 0 Å². The van der Waals surface area contributed by atoms with Crippen LogP contribution < -0.4 is 15.1 Å². The zero-order chi connectivity index (χ0) is 25.4. The molecule has 36 heavy (non-hydrogen) atoms. The van der Waals surface area contributed by atoms with Crippen molar-refractivity contribution in [2.24, 2.45) is 0 Å². The number of alkyl halides is 3. The van der Waals surface area contributed by atoms with Gasteiger partial charge in [-0.2, -0.15) is 13.2 Å². The van der Waals surface area contributed by atoms with Crippen LogP contribution in [-0.4, -0.2) is 35.0 Å². The Morgan fingerprint density at radius 1 is 0.972 bits per heavy atom. The van der Waals surface area contributed by atoms with E-state index in [0.717, 1.165) is 24.1 Å². The lowest BCUT2D eigenvalue weighted by molar-refractivity contribution is -0.138. The number of urea groups is 1. The van der Waals surface area contributed by atoms with Gasteiger partial charge in [-0.3, -0.25) is 24.6 Å². The van der Waals surface area contributed by atoms with Gasteiger partial charge in [0, 0.05) is 42.8 Å². The molecule has 4 aromatic rings. The van der Waals surface area contributed by atoms with Crippen LogP contribution in [0.15, 0.2) is 73.2 Å². The molecular weight excluding hydrogens is 495 g/mol. The van der Waals surface area contributed by atoms with E-state index >= 15 is 0 Å². The number of rotatable bonds is 4. The van der Waals surface area contributed by atoms with Gasteiger partial charge in [-0.05, 0) is 24.3 Å². The lowest BCUT2D eigenvalue weighted by atomic mass is 10.1. The van der Waals surface area contributed by atoms with Crippen LogP contribution in [0.1, 0.15) is 15.9 Å². The molecule has 0 unspecified atom stereocenters. The average Bonchev–Trinajstić information content (AvgIpc) is 3.24. The molecule has 11 heteroatoms. The second-order valence-electron chi connectivity index (χ2n) is 7.95. The zero-order valence-corrected chi connectivity index (χ0v) is 19.2. The fourth-order valence-electron chi connectivity index (χ4n) is 4.16. The monoisotopic (exact) mass is 511 g/mol. The standard InChI is InChI=1S/C25H17ClF3N5O2/c26-19-14-31-21-16(22(19)34-12-11-33(24(34)36)15-5-2-1-3-6-15)7-4-8-20(21)32-23(35)17-13-30-10-9-18(17)25(27,28)29/h1-10,13-14H,11-12H2,(H,32,35). The number of para-hydroxylation sites is 2. The molecule has 2 aromatic carbocycles. The van der Waals surface area contributed by atoms with Crippen molar-refractivity contribution >= 4 is 51.5 Å². The number of anilines is 3. The van der Waals surface area contributed by atoms with Gasteiger partial charge >= 0.3 is 12.2 Å². The van der Waals surface area contributed by atoms with E-state index in [2.05, 4.69) is 15.3 Å². The molecule has 7 nitrogen and oxygen atoms in total. The van der Waals surface area contributed by atoms with Crippen molar-refractivity contribution < 1.29 is 22.8 Å². The summed E-state index contributed by atoms with van der Waals surface area (Å²) >= 11 is 6.47. The van der Waals surface area contributed by atoms with Gasteiger partial charge in [0.2, 0.25) is 0 Å². The Morgan fingerprint density at radius 2 is 1.72 bits per heavy atom. The number of benzene rings is 2. The van der Waals surface area contributed by atoms with Gasteiger partial charge in [-0.1, -0.05) is 41.9 Å². The molecular formula is C25H17ClF3N5O2. The number of carbonyl (C=O) groups excluding carboxylic acids is 2. The first-order valence-electron chi connectivity index (χ1n) is 10.8. The number of fused-ring (bicyclic) bond motifs is 1. The highest BCUT2D eigenvalue weighted by Crippen LogP contribution is 2.38. The summed E-state index contributed by atoms with van der Waals surface area (Å²) in [5.41, 5.74) is -0.143.